The number of benzene rings is 1. The summed E-state index contributed by atoms with van der Waals surface area (Å²) in [4.78, 5) is 42.1. The summed E-state index contributed by atoms with van der Waals surface area (Å²) in [6, 6.07) is 10.4. The molecular weight excluding hydrogens is 404 g/mol. The summed E-state index contributed by atoms with van der Waals surface area (Å²) in [5.41, 5.74) is 1.84. The molecule has 0 atom stereocenters. The fraction of sp³-hybridized carbons (Fsp3) is 0.238. The highest BCUT2D eigenvalue weighted by Gasteiger charge is 2.10. The summed E-state index contributed by atoms with van der Waals surface area (Å²) in [5.74, 6) is 0.392. The monoisotopic (exact) mass is 426 g/mol. The molecule has 1 aromatic carbocycles. The number of pyridine rings is 1. The number of aryl methyl sites for hydroxylation is 1. The van der Waals surface area contributed by atoms with E-state index in [9.17, 15) is 14.4 Å². The molecule has 30 heavy (non-hydrogen) atoms. The number of ether oxygens (including phenoxy) is 1. The summed E-state index contributed by atoms with van der Waals surface area (Å²) in [7, 11) is 1.63. The van der Waals surface area contributed by atoms with Gasteiger partial charge in [0.15, 0.2) is 5.13 Å². The number of carbonyl (C=O) groups excluding carboxylic acids is 2. The lowest BCUT2D eigenvalue weighted by molar-refractivity contribution is -0.121. The van der Waals surface area contributed by atoms with E-state index in [1.165, 1.54) is 29.7 Å². The van der Waals surface area contributed by atoms with Gasteiger partial charge in [0, 0.05) is 30.6 Å². The number of nitrogens with one attached hydrogen (secondary N) is 3. The molecule has 0 unspecified atom stereocenters. The van der Waals surface area contributed by atoms with Crippen molar-refractivity contribution in [2.45, 2.75) is 19.3 Å². The van der Waals surface area contributed by atoms with E-state index in [0.717, 1.165) is 17.0 Å². The molecule has 3 rings (SSSR count). The van der Waals surface area contributed by atoms with Gasteiger partial charge in [-0.15, -0.1) is 11.3 Å². The van der Waals surface area contributed by atoms with Crippen molar-refractivity contribution in [2.24, 2.45) is 0 Å². The first kappa shape index (κ1) is 21.3. The van der Waals surface area contributed by atoms with E-state index in [4.69, 9.17) is 4.74 Å². The molecule has 156 valence electrons. The summed E-state index contributed by atoms with van der Waals surface area (Å²) in [6.45, 7) is 0.525. The molecule has 0 aliphatic rings. The van der Waals surface area contributed by atoms with E-state index >= 15 is 0 Å². The Labute approximate surface area is 177 Å². The zero-order valence-corrected chi connectivity index (χ0v) is 17.3. The third-order valence-electron chi connectivity index (χ3n) is 4.34. The number of hydrogen-bond donors (Lipinski definition) is 3. The number of carbonyl (C=O) groups is 2. The molecule has 9 heteroatoms. The normalized spacial score (nSPS) is 10.4. The number of para-hydroxylation sites is 1. The molecule has 0 spiro atoms. The summed E-state index contributed by atoms with van der Waals surface area (Å²) >= 11 is 1.29. The first-order chi connectivity index (χ1) is 14.5. The van der Waals surface area contributed by atoms with Crippen molar-refractivity contribution in [2.75, 3.05) is 19.0 Å². The van der Waals surface area contributed by atoms with Crippen LogP contribution in [0, 0.1) is 0 Å². The van der Waals surface area contributed by atoms with Crippen LogP contribution in [0.3, 0.4) is 0 Å². The molecule has 0 fully saturated rings. The molecule has 2 heterocycles. The second-order valence-corrected chi connectivity index (χ2v) is 7.31. The van der Waals surface area contributed by atoms with E-state index < -0.39 is 0 Å². The number of H-pyrrole nitrogens is 1. The molecule has 0 bridgehead atoms. The Kier molecular flexibility index (Phi) is 7.34. The van der Waals surface area contributed by atoms with Crippen LogP contribution in [-0.2, 0) is 17.6 Å². The lowest BCUT2D eigenvalue weighted by atomic mass is 10.1. The van der Waals surface area contributed by atoms with Crippen molar-refractivity contribution in [3.63, 3.8) is 0 Å². The smallest absolute Gasteiger partial charge is 0.258 e. The molecule has 0 aliphatic heterocycles. The third kappa shape index (κ3) is 6.02. The number of rotatable bonds is 9. The number of thiazole rings is 1. The number of methoxy groups -OCH3 is 1. The minimum Gasteiger partial charge on any atom is -0.496 e. The Morgan fingerprint density at radius 2 is 2.00 bits per heavy atom. The average molecular weight is 426 g/mol. The quantitative estimate of drug-likeness (QED) is 0.486. The van der Waals surface area contributed by atoms with Crippen LogP contribution in [-0.4, -0.2) is 35.4 Å². The molecule has 0 saturated carbocycles. The number of aromatic amines is 1. The zero-order chi connectivity index (χ0) is 21.3. The van der Waals surface area contributed by atoms with Gasteiger partial charge in [-0.3, -0.25) is 19.7 Å². The van der Waals surface area contributed by atoms with E-state index in [2.05, 4.69) is 20.6 Å². The third-order valence-corrected chi connectivity index (χ3v) is 5.14. The predicted octanol–water partition coefficient (Wildman–Crippen LogP) is 2.38. The summed E-state index contributed by atoms with van der Waals surface area (Å²) < 4.78 is 5.31. The molecular formula is C21H22N4O4S. The van der Waals surface area contributed by atoms with E-state index in [0.29, 0.717) is 36.5 Å². The van der Waals surface area contributed by atoms with Crippen molar-refractivity contribution in [1.82, 2.24) is 15.3 Å². The van der Waals surface area contributed by atoms with Crippen molar-refractivity contribution in [3.8, 4) is 5.75 Å². The first-order valence-corrected chi connectivity index (χ1v) is 10.3. The number of anilines is 1. The fourth-order valence-electron chi connectivity index (χ4n) is 2.78. The second-order valence-electron chi connectivity index (χ2n) is 6.45. The van der Waals surface area contributed by atoms with Crippen LogP contribution in [0.25, 0.3) is 0 Å². The summed E-state index contributed by atoms with van der Waals surface area (Å²) in [6.07, 6.45) is 2.82. The molecule has 2 aromatic heterocycles. The highest BCUT2D eigenvalue weighted by molar-refractivity contribution is 7.14. The number of hydrogen-bond acceptors (Lipinski definition) is 6. The average Bonchev–Trinajstić information content (AvgIpc) is 3.20. The first-order valence-electron chi connectivity index (χ1n) is 9.38. The van der Waals surface area contributed by atoms with Crippen molar-refractivity contribution < 1.29 is 14.3 Å². The van der Waals surface area contributed by atoms with Gasteiger partial charge in [-0.05, 0) is 30.5 Å². The van der Waals surface area contributed by atoms with Gasteiger partial charge in [-0.2, -0.15) is 0 Å². The van der Waals surface area contributed by atoms with Crippen LogP contribution in [0.4, 0.5) is 5.13 Å². The number of aromatic nitrogens is 2. The summed E-state index contributed by atoms with van der Waals surface area (Å²) in [5, 5.41) is 7.84. The topological polar surface area (TPSA) is 113 Å². The Hall–Kier alpha value is -3.46. The Morgan fingerprint density at radius 1 is 1.17 bits per heavy atom. The lowest BCUT2D eigenvalue weighted by Crippen LogP contribution is -2.26. The standard InChI is InChI=1S/C21H22N4O4S/c1-29-17-5-3-2-4-14(17)10-11-22-18(26)9-7-16-13-30-21(24-16)25-20(28)15-6-8-19(27)23-12-15/h2-6,8,12-13H,7,9-11H2,1H3,(H,22,26)(H,23,27)(H,24,25,28). The predicted molar refractivity (Wildman–Crippen MR) is 115 cm³/mol. The maximum atomic E-state index is 12.1. The van der Waals surface area contributed by atoms with Gasteiger partial charge in [0.1, 0.15) is 5.75 Å². The van der Waals surface area contributed by atoms with Gasteiger partial charge in [-0.25, -0.2) is 4.98 Å². The molecule has 2 amide bonds. The van der Waals surface area contributed by atoms with Gasteiger partial charge in [0.05, 0.1) is 18.4 Å². The van der Waals surface area contributed by atoms with E-state index in [1.54, 1.807) is 7.11 Å². The van der Waals surface area contributed by atoms with Crippen LogP contribution in [0.15, 0.2) is 52.8 Å². The fourth-order valence-corrected chi connectivity index (χ4v) is 3.52. The van der Waals surface area contributed by atoms with Crippen LogP contribution >= 0.6 is 11.3 Å². The van der Waals surface area contributed by atoms with Crippen molar-refractivity contribution in [3.05, 3.63) is 75.1 Å². The Balaban J connectivity index is 1.42. The molecule has 8 nitrogen and oxygen atoms in total. The largest absolute Gasteiger partial charge is 0.496 e. The molecule has 3 aromatic rings. The lowest BCUT2D eigenvalue weighted by Gasteiger charge is -2.09. The van der Waals surface area contributed by atoms with Gasteiger partial charge < -0.3 is 15.0 Å². The van der Waals surface area contributed by atoms with Gasteiger partial charge in [0.25, 0.3) is 5.91 Å². The van der Waals surface area contributed by atoms with E-state index in [1.807, 2.05) is 29.6 Å². The van der Waals surface area contributed by atoms with Crippen LogP contribution in [0.2, 0.25) is 0 Å². The van der Waals surface area contributed by atoms with Gasteiger partial charge in [-0.1, -0.05) is 18.2 Å². The molecule has 3 N–H and O–H groups in total. The Morgan fingerprint density at radius 3 is 2.77 bits per heavy atom. The maximum absolute atomic E-state index is 12.1. The van der Waals surface area contributed by atoms with Gasteiger partial charge >= 0.3 is 0 Å². The second kappa shape index (κ2) is 10.4. The van der Waals surface area contributed by atoms with Crippen LogP contribution in [0.1, 0.15) is 28.0 Å². The van der Waals surface area contributed by atoms with Gasteiger partial charge in [0.2, 0.25) is 11.5 Å². The van der Waals surface area contributed by atoms with Crippen molar-refractivity contribution >= 4 is 28.3 Å². The number of amides is 2. The molecule has 0 aliphatic carbocycles. The SMILES string of the molecule is COc1ccccc1CCNC(=O)CCc1csc(NC(=O)c2ccc(=O)[nH]c2)n1. The molecule has 0 radical (unpaired) electrons. The minimum atomic E-state index is -0.360. The number of nitrogens with zero attached hydrogens (tertiary/aromatic N) is 1. The molecule has 0 saturated heterocycles. The maximum Gasteiger partial charge on any atom is 0.258 e. The van der Waals surface area contributed by atoms with Crippen LogP contribution < -0.4 is 20.9 Å². The Bertz CT molecular complexity index is 1060. The van der Waals surface area contributed by atoms with Crippen molar-refractivity contribution in [1.29, 1.82) is 0 Å². The van der Waals surface area contributed by atoms with E-state index in [-0.39, 0.29) is 17.4 Å². The minimum absolute atomic E-state index is 0.0586. The highest BCUT2D eigenvalue weighted by atomic mass is 32.1. The zero-order valence-electron chi connectivity index (χ0n) is 16.4. The highest BCUT2D eigenvalue weighted by Crippen LogP contribution is 2.18. The van der Waals surface area contributed by atoms with Crippen LogP contribution in [0.5, 0.6) is 5.75 Å².